The quantitative estimate of drug-likeness (QED) is 0.107. The molecule has 0 amide bonds. The number of Topliss-reactive ketones (excluding diaryl/α,β-unsaturated/α-hetero) is 2. The summed E-state index contributed by atoms with van der Waals surface area (Å²) in [5, 5.41) is 41.1. The van der Waals surface area contributed by atoms with Crippen LogP contribution in [-0.2, 0) is 68.7 Å². The molecule has 12 saturated carbocycles. The molecule has 12 fully saturated rings. The van der Waals surface area contributed by atoms with Crippen LogP contribution in [0.2, 0.25) is 0 Å². The number of fused-ring (bicyclic) bond motifs is 25. The second-order valence-corrected chi connectivity index (χ2v) is 51.8. The van der Waals surface area contributed by atoms with Gasteiger partial charge < -0.3 is 44.1 Å². The molecule has 16 heteroatoms. The van der Waals surface area contributed by atoms with Crippen LogP contribution in [0.5, 0.6) is 23.0 Å². The second kappa shape index (κ2) is 36.2. The van der Waals surface area contributed by atoms with Crippen molar-refractivity contribution in [3.8, 4) is 23.0 Å². The number of aryl methyl sites for hydroxylation is 4. The average molecular weight is 1810 g/mol. The third-order valence-electron chi connectivity index (χ3n) is 38.9. The van der Waals surface area contributed by atoms with Gasteiger partial charge in [0.05, 0.1) is 45.4 Å². The first-order valence-corrected chi connectivity index (χ1v) is 52.1. The normalized spacial score (nSPS) is 38.1. The van der Waals surface area contributed by atoms with Crippen LogP contribution < -0.4 is 14.2 Å². The van der Waals surface area contributed by atoms with E-state index in [-0.39, 0.29) is 75.2 Å². The van der Waals surface area contributed by atoms with Gasteiger partial charge in [-0.05, 0) is 494 Å². The molecule has 0 heterocycles. The number of hydrogen-bond acceptors (Lipinski definition) is 16. The Morgan fingerprint density at radius 3 is 1.16 bits per heavy atom. The highest BCUT2D eigenvalue weighted by molar-refractivity contribution is 5.87. The number of hydrogen-bond donors (Lipinski definition) is 4. The second-order valence-electron chi connectivity index (χ2n) is 51.8. The lowest BCUT2D eigenvalue weighted by atomic mass is 9.45. The Kier molecular flexibility index (Phi) is 27.0. The van der Waals surface area contributed by atoms with E-state index in [1.54, 1.807) is 0 Å². The maximum absolute atomic E-state index is 12.5. The van der Waals surface area contributed by atoms with Crippen LogP contribution in [0.4, 0.5) is 0 Å². The minimum atomic E-state index is -0.593. The molecule has 16 nitrogen and oxygen atoms in total. The zero-order valence-electron chi connectivity index (χ0n) is 84.4. The van der Waals surface area contributed by atoms with Gasteiger partial charge in [0.2, 0.25) is 0 Å². The first-order chi connectivity index (χ1) is 61.8. The number of carbonyl (C=O) groups excluding carboxylic acids is 7. The van der Waals surface area contributed by atoms with Crippen molar-refractivity contribution in [1.29, 1.82) is 0 Å². The van der Waals surface area contributed by atoms with Crippen LogP contribution in [0.3, 0.4) is 0 Å². The summed E-state index contributed by atoms with van der Waals surface area (Å²) in [5.74, 6) is 12.5. The maximum atomic E-state index is 12.5. The number of rotatable bonds is 5. The fraction of sp³-hybridized carbons (Fsp3) is 0.733. The number of phenolic OH excluding ortho intramolecular Hbond substituents is 1. The summed E-state index contributed by atoms with van der Waals surface area (Å²) in [5.41, 5.74) is 9.21. The van der Waals surface area contributed by atoms with Crippen molar-refractivity contribution >= 4 is 41.4 Å². The van der Waals surface area contributed by atoms with Gasteiger partial charge in [0.15, 0.2) is 0 Å². The number of phenols is 1. The first kappa shape index (κ1) is 98.3. The molecule has 1 unspecified atom stereocenters. The lowest BCUT2D eigenvalue weighted by Gasteiger charge is -2.60. The van der Waals surface area contributed by atoms with E-state index in [1.807, 2.05) is 140 Å². The molecule has 0 bridgehead atoms. The molecule has 4 aromatic rings. The zero-order valence-corrected chi connectivity index (χ0v) is 84.4. The lowest BCUT2D eigenvalue weighted by Crippen LogP contribution is -2.54. The van der Waals surface area contributed by atoms with Crippen molar-refractivity contribution < 1.29 is 77.7 Å². The van der Waals surface area contributed by atoms with Crippen molar-refractivity contribution in [2.45, 2.75) is 405 Å². The Morgan fingerprint density at radius 2 is 0.705 bits per heavy atom. The van der Waals surface area contributed by atoms with Gasteiger partial charge in [-0.15, -0.1) is 0 Å². The van der Waals surface area contributed by atoms with E-state index in [4.69, 9.17) is 23.7 Å². The third-order valence-corrected chi connectivity index (χ3v) is 38.9. The number of aromatic hydroxyl groups is 1. The highest BCUT2D eigenvalue weighted by atomic mass is 16.6. The molecule has 0 radical (unpaired) electrons. The Labute approximate surface area is 790 Å². The van der Waals surface area contributed by atoms with Crippen LogP contribution in [-0.4, -0.2) is 92.4 Å². The van der Waals surface area contributed by atoms with E-state index in [9.17, 15) is 54.0 Å². The number of ether oxygens (including phenoxy) is 5. The van der Waals surface area contributed by atoms with E-state index >= 15 is 0 Å². The molecule has 4 aromatic carbocycles. The highest BCUT2D eigenvalue weighted by Gasteiger charge is 2.64. The Balaban J connectivity index is 0.000000120. The minimum Gasteiger partial charge on any atom is -0.508 e. The first-order valence-electron chi connectivity index (χ1n) is 52.1. The smallest absolute Gasteiger partial charge is 0.316 e. The van der Waals surface area contributed by atoms with Crippen LogP contribution in [0.25, 0.3) is 0 Å². The molecule has 0 aliphatic heterocycles. The summed E-state index contributed by atoms with van der Waals surface area (Å²) >= 11 is 0. The molecule has 0 aromatic heterocycles. The van der Waals surface area contributed by atoms with Gasteiger partial charge in [0.1, 0.15) is 46.8 Å². The molecular formula is C116H164O16. The summed E-state index contributed by atoms with van der Waals surface area (Å²) in [4.78, 5) is 86.0. The summed E-state index contributed by atoms with van der Waals surface area (Å²) in [6.45, 7) is 42.5. The van der Waals surface area contributed by atoms with Gasteiger partial charge in [-0.2, -0.15) is 0 Å². The molecule has 16 aliphatic carbocycles. The summed E-state index contributed by atoms with van der Waals surface area (Å²) in [7, 11) is 0. The monoisotopic (exact) mass is 1810 g/mol. The molecule has 27 atom stereocenters. The number of esters is 5. The highest BCUT2D eigenvalue weighted by Crippen LogP contribution is 2.69. The van der Waals surface area contributed by atoms with Crippen molar-refractivity contribution in [2.75, 3.05) is 0 Å². The van der Waals surface area contributed by atoms with E-state index in [0.717, 1.165) is 147 Å². The number of ketones is 2. The SMILES string of the molecule is CC(C)(C)C(=O)O[C@H]1CC[C@H]2[C@@H]3CCC4CC(=O)CC[C@]4(C)[C@H]3CC[C@]12C.CC(C)(C)C(=O)O[C@H]1CC[C@H]2[C@@H]3CCc4cc(O)ccc4[C@H]3CC[C@]12C.CC(C)(C)C(=O)Oc1ccc2c(c1)CC[C@@H]1[C@@H]2CC[C@]2(C)C(=O)CC[C@@H]12.CC(C)(C)C(=O)Oc1ccc2c(c1)CC[C@@H]1[C@@H]2CC[C@]2(C)[C@@H](O)CC[C@@H]12.CC(C)(C)C(=O)Oc1ccc2c(c1)CC[C@@H]1[C@@H]2CC[C@]2(C)[C@@H](O)[C@H](O)C[C@@H]12. The van der Waals surface area contributed by atoms with Crippen molar-refractivity contribution in [2.24, 2.45) is 131 Å². The number of carbonyl (C=O) groups is 7. The number of benzene rings is 4. The van der Waals surface area contributed by atoms with Gasteiger partial charge in [-0.3, -0.25) is 33.6 Å². The average Bonchev–Trinajstić information content (AvgIpc) is 1.48. The standard InChI is InChI=1S/C24H38O3.C23H32O4.C23H32O3.C23H30O3.C23H32O3/c1-22(2,3)21(26)27-20-9-8-18-17-7-6-15-14-16(25)10-12-23(15,4)19(17)11-13-24(18,20)5;1-22(2,3)21(26)27-14-6-8-15-13(11-14)5-7-17-16(15)9-10-23(4)18(17)12-19(24)20(23)25;2*1-22(2,3)21(25)26-15-6-8-16-14(13-15)5-7-18-17(16)11-12-23(4)19(18)9-10-20(23)24;1-22(2,3)21(25)26-20-10-9-19-18-7-5-14-13-15(24)6-8-16(14)17(18)11-12-23(19,20)4/h15,17-20H,6-14H2,1-5H3;6,8,11,16-20,24-25H,5,7,9-10,12H2,1-4H3;6,8,13,17-20,24H,5,7,9-12H2,1-4H3;6,8,13,17-19H,5,7,9-12H2,1-4H3;6,8,13,17-20,24H,5,7,9-12H2,1-4H3/t15?,17-,18-,19-,20-,23-,24-;16-,17-,18+,19-,20+,23+;17-,18-,19+,20+,23+;17-,18-,19+,23+;17-,18-,19+,20+,23+/m01111/s1. The van der Waals surface area contributed by atoms with Crippen LogP contribution >= 0.6 is 0 Å². The van der Waals surface area contributed by atoms with Crippen LogP contribution in [0.1, 0.15) is 393 Å². The topological polar surface area (TPSA) is 247 Å². The van der Waals surface area contributed by atoms with Gasteiger partial charge >= 0.3 is 29.8 Å². The minimum absolute atomic E-state index is 0.0436. The van der Waals surface area contributed by atoms with E-state index in [2.05, 4.69) is 77.9 Å². The predicted molar refractivity (Wildman–Crippen MR) is 515 cm³/mol. The summed E-state index contributed by atoms with van der Waals surface area (Å²) in [6, 6.07) is 24.5. The number of aliphatic hydroxyl groups is 3. The molecular weight excluding hydrogens is 1650 g/mol. The van der Waals surface area contributed by atoms with Crippen molar-refractivity contribution in [3.05, 3.63) is 117 Å². The fourth-order valence-electron chi connectivity index (χ4n) is 30.9. The van der Waals surface area contributed by atoms with Crippen molar-refractivity contribution in [3.63, 3.8) is 0 Å². The molecule has 20 rings (SSSR count). The van der Waals surface area contributed by atoms with Crippen molar-refractivity contribution in [1.82, 2.24) is 0 Å². The fourth-order valence-corrected chi connectivity index (χ4v) is 30.9. The van der Waals surface area contributed by atoms with Gasteiger partial charge in [-0.25, -0.2) is 0 Å². The van der Waals surface area contributed by atoms with Gasteiger partial charge in [0, 0.05) is 35.5 Å². The Morgan fingerprint density at radius 1 is 0.333 bits per heavy atom. The van der Waals surface area contributed by atoms with Gasteiger partial charge in [0.25, 0.3) is 0 Å². The Hall–Kier alpha value is -6.75. The van der Waals surface area contributed by atoms with E-state index < -0.39 is 39.3 Å². The van der Waals surface area contributed by atoms with Crippen LogP contribution in [0, 0.1) is 131 Å². The third kappa shape index (κ3) is 18.4. The van der Waals surface area contributed by atoms with Gasteiger partial charge in [-0.1, -0.05) is 65.8 Å². The lowest BCUT2D eigenvalue weighted by molar-refractivity contribution is -0.172. The molecule has 132 heavy (non-hydrogen) atoms. The largest absolute Gasteiger partial charge is 0.508 e. The Bertz CT molecular complexity index is 5000. The molecule has 0 saturated heterocycles. The van der Waals surface area contributed by atoms with Crippen LogP contribution in [0.15, 0.2) is 72.8 Å². The number of aliphatic hydroxyl groups excluding tert-OH is 3. The molecule has 0 spiro atoms. The maximum Gasteiger partial charge on any atom is 0.316 e. The zero-order chi connectivity index (χ0) is 95.2. The molecule has 16 aliphatic rings. The predicted octanol–water partition coefficient (Wildman–Crippen LogP) is 24.5. The molecule has 4 N–H and O–H groups in total. The van der Waals surface area contributed by atoms with E-state index in [0.29, 0.717) is 123 Å². The summed E-state index contributed by atoms with van der Waals surface area (Å²) in [6.07, 6.45) is 33.1. The van der Waals surface area contributed by atoms with E-state index in [1.165, 1.54) is 115 Å². The molecule has 724 valence electrons. The summed E-state index contributed by atoms with van der Waals surface area (Å²) < 4.78 is 28.9.